The highest BCUT2D eigenvalue weighted by Crippen LogP contribution is 2.26. The maximum Gasteiger partial charge on any atom is 0.271 e. The summed E-state index contributed by atoms with van der Waals surface area (Å²) < 4.78 is 0. The van der Waals surface area contributed by atoms with Crippen LogP contribution in [0, 0.1) is 6.92 Å². The van der Waals surface area contributed by atoms with Crippen molar-refractivity contribution in [2.45, 2.75) is 13.5 Å². The van der Waals surface area contributed by atoms with Gasteiger partial charge in [0.05, 0.1) is 5.69 Å². The average molecular weight is 429 g/mol. The van der Waals surface area contributed by atoms with Crippen LogP contribution in [0.3, 0.4) is 0 Å². The molecule has 2 heterocycles. The Morgan fingerprint density at radius 1 is 1.03 bits per heavy atom. The Hall–Kier alpha value is -2.34. The predicted octanol–water partition coefficient (Wildman–Crippen LogP) is 4.65. The van der Waals surface area contributed by atoms with Crippen molar-refractivity contribution in [3.63, 3.8) is 0 Å². The van der Waals surface area contributed by atoms with Gasteiger partial charge in [-0.05, 0) is 25.1 Å². The topological polar surface area (TPSA) is 52.2 Å². The lowest BCUT2D eigenvalue weighted by Gasteiger charge is -2.34. The molecule has 1 aliphatic heterocycles. The standard InChI is InChI=1S/C22H22Cl2N4O/c1-15-5-7-16(8-6-15)20-13-21(26-25-20)22(29)28-11-9-27(10-12-28)14-17-18(23)3-2-4-19(17)24/h2-8,13H,9-12,14H2,1H3,(H,25,26). The van der Waals surface area contributed by atoms with Gasteiger partial charge in [-0.1, -0.05) is 59.1 Å². The molecule has 0 radical (unpaired) electrons. The molecule has 0 atom stereocenters. The zero-order valence-electron chi connectivity index (χ0n) is 16.2. The lowest BCUT2D eigenvalue weighted by Crippen LogP contribution is -2.48. The molecule has 0 saturated carbocycles. The fourth-order valence-electron chi connectivity index (χ4n) is 3.49. The molecule has 1 fully saturated rings. The lowest BCUT2D eigenvalue weighted by molar-refractivity contribution is 0.0622. The number of carbonyl (C=O) groups is 1. The summed E-state index contributed by atoms with van der Waals surface area (Å²) in [7, 11) is 0. The number of nitrogens with one attached hydrogen (secondary N) is 1. The van der Waals surface area contributed by atoms with Crippen molar-refractivity contribution in [1.29, 1.82) is 0 Å². The number of benzene rings is 2. The highest BCUT2D eigenvalue weighted by molar-refractivity contribution is 6.35. The second-order valence-electron chi connectivity index (χ2n) is 7.30. The van der Waals surface area contributed by atoms with Crippen molar-refractivity contribution in [3.8, 4) is 11.3 Å². The van der Waals surface area contributed by atoms with E-state index in [9.17, 15) is 4.79 Å². The number of aromatic amines is 1. The van der Waals surface area contributed by atoms with Crippen molar-refractivity contribution < 1.29 is 4.79 Å². The van der Waals surface area contributed by atoms with Crippen LogP contribution in [0.25, 0.3) is 11.3 Å². The molecule has 1 aliphatic rings. The monoisotopic (exact) mass is 428 g/mol. The summed E-state index contributed by atoms with van der Waals surface area (Å²) in [5.74, 6) is -0.0220. The molecule has 1 aromatic heterocycles. The smallest absolute Gasteiger partial charge is 0.271 e. The molecule has 0 bridgehead atoms. The van der Waals surface area contributed by atoms with E-state index in [2.05, 4.69) is 15.1 Å². The number of aryl methyl sites for hydroxylation is 1. The first-order chi connectivity index (χ1) is 14.0. The van der Waals surface area contributed by atoms with Crippen LogP contribution in [0.4, 0.5) is 0 Å². The van der Waals surface area contributed by atoms with Gasteiger partial charge in [-0.3, -0.25) is 14.8 Å². The molecule has 1 saturated heterocycles. The van der Waals surface area contributed by atoms with Gasteiger partial charge in [0, 0.05) is 53.9 Å². The second kappa shape index (κ2) is 8.57. The Balaban J connectivity index is 1.37. The number of H-pyrrole nitrogens is 1. The minimum atomic E-state index is -0.0220. The predicted molar refractivity (Wildman–Crippen MR) is 116 cm³/mol. The summed E-state index contributed by atoms with van der Waals surface area (Å²) in [5, 5.41) is 8.56. The maximum atomic E-state index is 12.9. The molecular weight excluding hydrogens is 407 g/mol. The van der Waals surface area contributed by atoms with Crippen LogP contribution in [-0.4, -0.2) is 52.1 Å². The number of piperazine rings is 1. The molecule has 150 valence electrons. The van der Waals surface area contributed by atoms with E-state index >= 15 is 0 Å². The molecule has 4 rings (SSSR count). The third-order valence-corrected chi connectivity index (χ3v) is 5.97. The van der Waals surface area contributed by atoms with Gasteiger partial charge in [0.25, 0.3) is 5.91 Å². The summed E-state index contributed by atoms with van der Waals surface area (Å²) >= 11 is 12.6. The third kappa shape index (κ3) is 4.47. The van der Waals surface area contributed by atoms with Crippen molar-refractivity contribution in [2.24, 2.45) is 0 Å². The summed E-state index contributed by atoms with van der Waals surface area (Å²) in [5.41, 5.74) is 4.42. The number of amides is 1. The third-order valence-electron chi connectivity index (χ3n) is 5.26. The minimum absolute atomic E-state index is 0.0220. The van der Waals surface area contributed by atoms with Crippen LogP contribution in [0.5, 0.6) is 0 Å². The Labute approximate surface area is 180 Å². The van der Waals surface area contributed by atoms with Crippen LogP contribution in [0.15, 0.2) is 48.5 Å². The summed E-state index contributed by atoms with van der Waals surface area (Å²) in [6.07, 6.45) is 0. The molecule has 7 heteroatoms. The Morgan fingerprint density at radius 3 is 2.34 bits per heavy atom. The summed E-state index contributed by atoms with van der Waals surface area (Å²) in [6, 6.07) is 15.5. The number of carbonyl (C=O) groups excluding carboxylic acids is 1. The number of hydrogen-bond donors (Lipinski definition) is 1. The first kappa shape index (κ1) is 20.0. The van der Waals surface area contributed by atoms with E-state index in [1.165, 1.54) is 5.56 Å². The number of aromatic nitrogens is 2. The van der Waals surface area contributed by atoms with Gasteiger partial charge < -0.3 is 4.90 Å². The van der Waals surface area contributed by atoms with Crippen LogP contribution in [-0.2, 0) is 6.54 Å². The van der Waals surface area contributed by atoms with E-state index in [1.54, 1.807) is 0 Å². The molecule has 2 aromatic carbocycles. The molecule has 0 unspecified atom stereocenters. The molecule has 29 heavy (non-hydrogen) atoms. The largest absolute Gasteiger partial charge is 0.335 e. The van der Waals surface area contributed by atoms with E-state index in [-0.39, 0.29) is 5.91 Å². The molecule has 1 N–H and O–H groups in total. The van der Waals surface area contributed by atoms with Crippen LogP contribution in [0.1, 0.15) is 21.6 Å². The van der Waals surface area contributed by atoms with Gasteiger partial charge in [-0.15, -0.1) is 0 Å². The van der Waals surface area contributed by atoms with E-state index in [1.807, 2.05) is 60.4 Å². The Morgan fingerprint density at radius 2 is 1.69 bits per heavy atom. The van der Waals surface area contributed by atoms with Crippen molar-refractivity contribution in [3.05, 3.63) is 75.4 Å². The number of rotatable bonds is 4. The highest BCUT2D eigenvalue weighted by atomic mass is 35.5. The first-order valence-corrected chi connectivity index (χ1v) is 10.3. The minimum Gasteiger partial charge on any atom is -0.335 e. The molecule has 1 amide bonds. The summed E-state index contributed by atoms with van der Waals surface area (Å²) in [4.78, 5) is 17.0. The quantitative estimate of drug-likeness (QED) is 0.657. The molecule has 5 nitrogen and oxygen atoms in total. The highest BCUT2D eigenvalue weighted by Gasteiger charge is 2.24. The molecular formula is C22H22Cl2N4O. The molecule has 0 spiro atoms. The first-order valence-electron chi connectivity index (χ1n) is 9.58. The van der Waals surface area contributed by atoms with Gasteiger partial charge >= 0.3 is 0 Å². The number of nitrogens with zero attached hydrogens (tertiary/aromatic N) is 3. The SMILES string of the molecule is Cc1ccc(-c2cc(C(=O)N3CCN(Cc4c(Cl)cccc4Cl)CC3)[nH]n2)cc1. The molecule has 3 aromatic rings. The van der Waals surface area contributed by atoms with Gasteiger partial charge in [0.1, 0.15) is 5.69 Å². The van der Waals surface area contributed by atoms with E-state index in [4.69, 9.17) is 23.2 Å². The number of halogens is 2. The van der Waals surface area contributed by atoms with Gasteiger partial charge in [-0.25, -0.2) is 0 Å². The zero-order chi connectivity index (χ0) is 20.4. The van der Waals surface area contributed by atoms with Crippen molar-refractivity contribution in [2.75, 3.05) is 26.2 Å². The fourth-order valence-corrected chi connectivity index (χ4v) is 4.01. The second-order valence-corrected chi connectivity index (χ2v) is 8.12. The average Bonchev–Trinajstić information content (AvgIpc) is 3.21. The normalized spacial score (nSPS) is 14.9. The van der Waals surface area contributed by atoms with Crippen molar-refractivity contribution >= 4 is 29.1 Å². The van der Waals surface area contributed by atoms with Gasteiger partial charge in [0.2, 0.25) is 0 Å². The van der Waals surface area contributed by atoms with Crippen LogP contribution < -0.4 is 0 Å². The Bertz CT molecular complexity index is 988. The Kier molecular flexibility index (Phi) is 5.90. The number of hydrogen-bond acceptors (Lipinski definition) is 3. The maximum absolute atomic E-state index is 12.9. The van der Waals surface area contributed by atoms with E-state index < -0.39 is 0 Å². The van der Waals surface area contributed by atoms with Crippen LogP contribution >= 0.6 is 23.2 Å². The van der Waals surface area contributed by atoms with E-state index in [0.29, 0.717) is 35.4 Å². The fraction of sp³-hybridized carbons (Fsp3) is 0.273. The van der Waals surface area contributed by atoms with Crippen LogP contribution in [0.2, 0.25) is 10.0 Å². The lowest BCUT2D eigenvalue weighted by atomic mass is 10.1. The van der Waals surface area contributed by atoms with Gasteiger partial charge in [-0.2, -0.15) is 5.10 Å². The molecule has 0 aliphatic carbocycles. The van der Waals surface area contributed by atoms with E-state index in [0.717, 1.165) is 29.9 Å². The van der Waals surface area contributed by atoms with Gasteiger partial charge in [0.15, 0.2) is 0 Å². The van der Waals surface area contributed by atoms with Crippen molar-refractivity contribution in [1.82, 2.24) is 20.0 Å². The zero-order valence-corrected chi connectivity index (χ0v) is 17.7. The summed E-state index contributed by atoms with van der Waals surface area (Å²) in [6.45, 7) is 5.57.